The summed E-state index contributed by atoms with van der Waals surface area (Å²) in [5.41, 5.74) is 2.48. The number of rotatable bonds is 9. The highest BCUT2D eigenvalue weighted by atomic mass is 35.5. The number of fused-ring (bicyclic) bond motifs is 4. The molecule has 1 amide bonds. The highest BCUT2D eigenvalue weighted by molar-refractivity contribution is 6.43. The summed E-state index contributed by atoms with van der Waals surface area (Å²) in [6.07, 6.45) is 2.69. The van der Waals surface area contributed by atoms with Gasteiger partial charge in [0.1, 0.15) is 16.7 Å². The van der Waals surface area contributed by atoms with Crippen LogP contribution in [-0.2, 0) is 21.5 Å². The molecule has 6 heterocycles. The van der Waals surface area contributed by atoms with Gasteiger partial charge >= 0.3 is 6.09 Å². The van der Waals surface area contributed by atoms with E-state index < -0.39 is 23.4 Å². The number of nitrogens with zero attached hydrogens (tertiary/aromatic N) is 6. The van der Waals surface area contributed by atoms with Gasteiger partial charge in [-0.1, -0.05) is 35.3 Å². The van der Waals surface area contributed by atoms with E-state index in [4.69, 9.17) is 37.7 Å². The first-order valence-corrected chi connectivity index (χ1v) is 20.9. The third-order valence-electron chi connectivity index (χ3n) is 12.2. The standard InChI is InChI=1S/C45H49Cl2FN6O5/c1-23-13-15-31(53(23)43(56)58-7)32-20-29-38(25-14-16-34(50-21-25)45(5,6)57)51-39-28(18-24(10-9-17-49)35(37(39)48)27-11-8-12-30(46)36(27)47)41(29)54(32)40-26-19-33(40)52(22-26)42(55)59-44(2,3)4/h8,11-12,14,16,18,20-21,23,26,31,33,40,43,56-57H,9-10,13,15,19,22H2,1-7H3/t23-,26-,31-,33-,40+,43?/m1/s1. The van der Waals surface area contributed by atoms with Gasteiger partial charge in [-0.3, -0.25) is 4.98 Å². The van der Waals surface area contributed by atoms with Gasteiger partial charge in [0.15, 0.2) is 5.82 Å². The van der Waals surface area contributed by atoms with Crippen molar-refractivity contribution in [3.8, 4) is 28.5 Å². The van der Waals surface area contributed by atoms with Gasteiger partial charge in [0.05, 0.1) is 51.1 Å². The number of benzene rings is 2. The molecule has 4 fully saturated rings. The maximum atomic E-state index is 17.9. The minimum absolute atomic E-state index is 0.0225. The number of likely N-dealkylation sites (tertiary alicyclic amines) is 1. The van der Waals surface area contributed by atoms with E-state index in [-0.39, 0.29) is 70.1 Å². The van der Waals surface area contributed by atoms with Crippen LogP contribution in [0.4, 0.5) is 9.18 Å². The summed E-state index contributed by atoms with van der Waals surface area (Å²) >= 11 is 13.3. The number of aliphatic hydroxyl groups excluding tert-OH is 1. The van der Waals surface area contributed by atoms with Crippen LogP contribution >= 0.6 is 23.2 Å². The fraction of sp³-hybridized carbons (Fsp3) is 0.467. The lowest BCUT2D eigenvalue weighted by Crippen LogP contribution is -2.45. The number of aromatic nitrogens is 3. The maximum absolute atomic E-state index is 17.9. The van der Waals surface area contributed by atoms with Crippen molar-refractivity contribution >= 4 is 51.1 Å². The van der Waals surface area contributed by atoms with Crippen LogP contribution in [0, 0.1) is 23.1 Å². The lowest BCUT2D eigenvalue weighted by Gasteiger charge is -2.41. The molecule has 2 aromatic carbocycles. The summed E-state index contributed by atoms with van der Waals surface area (Å²) in [5.74, 6) is -0.552. The van der Waals surface area contributed by atoms with Gasteiger partial charge < -0.3 is 29.2 Å². The number of aliphatic hydroxyl groups is 2. The second kappa shape index (κ2) is 15.3. The Kier molecular flexibility index (Phi) is 10.7. The Hall–Kier alpha value is -4.35. The van der Waals surface area contributed by atoms with Crippen molar-refractivity contribution in [3.05, 3.63) is 81.5 Å². The molecule has 1 saturated carbocycles. The van der Waals surface area contributed by atoms with E-state index in [1.807, 2.05) is 42.7 Å². The Morgan fingerprint density at radius 2 is 1.88 bits per heavy atom. The van der Waals surface area contributed by atoms with Gasteiger partial charge in [-0.2, -0.15) is 5.26 Å². The molecule has 6 atom stereocenters. The summed E-state index contributed by atoms with van der Waals surface area (Å²) < 4.78 is 31.5. The molecule has 0 spiro atoms. The topological polar surface area (TPSA) is 137 Å². The monoisotopic (exact) mass is 842 g/mol. The van der Waals surface area contributed by atoms with E-state index in [0.29, 0.717) is 51.9 Å². The molecule has 4 aliphatic rings. The van der Waals surface area contributed by atoms with Crippen molar-refractivity contribution < 1.29 is 28.9 Å². The smallest absolute Gasteiger partial charge is 0.410 e. The molecule has 14 heteroatoms. The van der Waals surface area contributed by atoms with Gasteiger partial charge in [-0.05, 0) is 103 Å². The fourth-order valence-corrected chi connectivity index (χ4v) is 9.92. The maximum Gasteiger partial charge on any atom is 0.410 e. The number of nitriles is 1. The molecule has 5 aromatic rings. The second-order valence-corrected chi connectivity index (χ2v) is 18.5. The Morgan fingerprint density at radius 1 is 1.12 bits per heavy atom. The summed E-state index contributed by atoms with van der Waals surface area (Å²) in [6, 6.07) is 14.1. The molecule has 9 rings (SSSR count). The molecule has 2 N–H and O–H groups in total. The third-order valence-corrected chi connectivity index (χ3v) is 13.0. The van der Waals surface area contributed by atoms with Crippen LogP contribution in [0.1, 0.15) is 96.3 Å². The van der Waals surface area contributed by atoms with Gasteiger partial charge in [0.2, 0.25) is 6.41 Å². The van der Waals surface area contributed by atoms with Crippen molar-refractivity contribution in [2.75, 3.05) is 13.7 Å². The molecule has 3 aliphatic heterocycles. The molecule has 310 valence electrons. The average molecular weight is 844 g/mol. The number of pyridine rings is 2. The highest BCUT2D eigenvalue weighted by Gasteiger charge is 2.57. The predicted octanol–water partition coefficient (Wildman–Crippen LogP) is 9.68. The summed E-state index contributed by atoms with van der Waals surface area (Å²) in [7, 11) is 1.47. The minimum atomic E-state index is -1.20. The van der Waals surface area contributed by atoms with E-state index in [0.717, 1.165) is 23.9 Å². The third kappa shape index (κ3) is 7.13. The Balaban J connectivity index is 1.47. The lowest BCUT2D eigenvalue weighted by molar-refractivity contribution is -0.193. The van der Waals surface area contributed by atoms with Gasteiger partial charge in [-0.15, -0.1) is 0 Å². The number of hydrogen-bond acceptors (Lipinski definition) is 9. The number of halogens is 3. The van der Waals surface area contributed by atoms with Crippen LogP contribution in [0.3, 0.4) is 0 Å². The zero-order valence-electron chi connectivity index (χ0n) is 34.3. The first-order chi connectivity index (χ1) is 27.9. The van der Waals surface area contributed by atoms with Crippen LogP contribution < -0.4 is 0 Å². The predicted molar refractivity (Wildman–Crippen MR) is 225 cm³/mol. The van der Waals surface area contributed by atoms with Crippen LogP contribution in [0.25, 0.3) is 44.2 Å². The molecule has 11 nitrogen and oxygen atoms in total. The van der Waals surface area contributed by atoms with Gasteiger partial charge in [0, 0.05) is 71.4 Å². The van der Waals surface area contributed by atoms with Crippen LogP contribution in [0.5, 0.6) is 0 Å². The fourth-order valence-electron chi connectivity index (χ4n) is 9.53. The Morgan fingerprint density at radius 3 is 2.54 bits per heavy atom. The first kappa shape index (κ1) is 41.4. The van der Waals surface area contributed by atoms with E-state index in [1.165, 1.54) is 7.11 Å². The number of aryl methyl sites for hydroxylation is 1. The van der Waals surface area contributed by atoms with Crippen molar-refractivity contribution in [2.24, 2.45) is 5.92 Å². The SMILES string of the molecule is COC(O)N1[C@H](C)CC[C@@H]1c1cc2c(-c3ccc(C(C)(C)O)nc3)nc3c(F)c(-c4cccc(Cl)c4Cl)c(CCC#N)cc3c2n1[C@H]1[C@@H]2C[C@H]1N(C(=O)OC(C)(C)C)C2. The zero-order chi connectivity index (χ0) is 42.3. The normalized spacial score (nSPS) is 22.6. The van der Waals surface area contributed by atoms with Crippen LogP contribution in [0.2, 0.25) is 10.0 Å². The van der Waals surface area contributed by atoms with Crippen molar-refractivity contribution in [1.82, 2.24) is 24.3 Å². The number of hydrogen-bond donors (Lipinski definition) is 2. The highest BCUT2D eigenvalue weighted by Crippen LogP contribution is 2.55. The molecule has 2 bridgehead atoms. The first-order valence-electron chi connectivity index (χ1n) is 20.1. The van der Waals surface area contributed by atoms with Crippen LogP contribution in [0.15, 0.2) is 48.7 Å². The van der Waals surface area contributed by atoms with Crippen molar-refractivity contribution in [3.63, 3.8) is 0 Å². The van der Waals surface area contributed by atoms with Crippen LogP contribution in [-0.4, -0.2) is 78.4 Å². The summed E-state index contributed by atoms with van der Waals surface area (Å²) in [4.78, 5) is 27.2. The van der Waals surface area contributed by atoms with E-state index in [2.05, 4.69) is 28.6 Å². The number of carbonyl (C=O) groups is 1. The molecule has 3 aromatic heterocycles. The molecule has 1 unspecified atom stereocenters. The molecule has 0 radical (unpaired) electrons. The van der Waals surface area contributed by atoms with E-state index >= 15 is 4.39 Å². The van der Waals surface area contributed by atoms with Crippen molar-refractivity contribution in [1.29, 1.82) is 5.26 Å². The molecule has 59 heavy (non-hydrogen) atoms. The quantitative estimate of drug-likeness (QED) is 0.139. The second-order valence-electron chi connectivity index (χ2n) is 17.7. The summed E-state index contributed by atoms with van der Waals surface area (Å²) in [6.45, 7) is 11.4. The number of ether oxygens (including phenoxy) is 2. The Labute approximate surface area is 353 Å². The lowest BCUT2D eigenvalue weighted by atomic mass is 9.79. The molecule has 1 aliphatic carbocycles. The molecule has 3 saturated heterocycles. The number of methoxy groups -OCH3 is 1. The largest absolute Gasteiger partial charge is 0.444 e. The van der Waals surface area contributed by atoms with Gasteiger partial charge in [0.25, 0.3) is 0 Å². The van der Waals surface area contributed by atoms with Crippen molar-refractivity contribution in [2.45, 2.75) is 115 Å². The minimum Gasteiger partial charge on any atom is -0.444 e. The number of amides is 1. The molecular weight excluding hydrogens is 794 g/mol. The van der Waals surface area contributed by atoms with E-state index in [9.17, 15) is 20.3 Å². The number of carbonyl (C=O) groups excluding carboxylic acids is 1. The average Bonchev–Trinajstić information content (AvgIpc) is 3.96. The Bertz CT molecular complexity index is 2510. The van der Waals surface area contributed by atoms with Gasteiger partial charge in [-0.25, -0.2) is 19.1 Å². The zero-order valence-corrected chi connectivity index (χ0v) is 35.8. The summed E-state index contributed by atoms with van der Waals surface area (Å²) in [5, 5.41) is 33.5. The molecular formula is C45H49Cl2FN6O5. The van der Waals surface area contributed by atoms with E-state index in [1.54, 1.807) is 44.3 Å².